The molecule has 39 heavy (non-hydrogen) atoms. The molecule has 2 amide bonds. The van der Waals surface area contributed by atoms with Gasteiger partial charge in [0.25, 0.3) is 0 Å². The fourth-order valence-electron chi connectivity index (χ4n) is 4.79. The third-order valence-electron chi connectivity index (χ3n) is 7.55. The number of nitrogens with one attached hydrogen (secondary N) is 1. The molecule has 2 atom stereocenters. The molecule has 232 valence electrons. The highest BCUT2D eigenvalue weighted by Crippen LogP contribution is 2.16. The van der Waals surface area contributed by atoms with Crippen molar-refractivity contribution >= 4 is 23.6 Å². The zero-order valence-corrected chi connectivity index (χ0v) is 24.7. The average molecular weight is 559 g/mol. The molecule has 0 saturated carbocycles. The highest BCUT2D eigenvalue weighted by Gasteiger charge is 2.21. The summed E-state index contributed by atoms with van der Waals surface area (Å²) in [6.07, 6.45) is 22.4. The average Bonchev–Trinajstić information content (AvgIpc) is 2.90. The molecule has 0 aliphatic rings. The van der Waals surface area contributed by atoms with E-state index in [4.69, 9.17) is 15.9 Å². The molecule has 0 aromatic heterocycles. The lowest BCUT2D eigenvalue weighted by molar-refractivity contribution is -0.137. The second-order valence-electron chi connectivity index (χ2n) is 11.2. The molecular formula is C31H62N2O6. The minimum Gasteiger partial charge on any atom is -0.481 e. The van der Waals surface area contributed by atoms with E-state index >= 15 is 0 Å². The van der Waals surface area contributed by atoms with Crippen LogP contribution in [0.4, 0.5) is 0 Å². The molecule has 8 heteroatoms. The Morgan fingerprint density at radius 3 is 1.54 bits per heavy atom. The van der Waals surface area contributed by atoms with Gasteiger partial charge in [-0.05, 0) is 25.7 Å². The Bertz CT molecular complexity index is 667. The van der Waals surface area contributed by atoms with Gasteiger partial charge in [0.05, 0.1) is 12.5 Å². The molecular weight excluding hydrogens is 496 g/mol. The fourth-order valence-corrected chi connectivity index (χ4v) is 4.79. The summed E-state index contributed by atoms with van der Waals surface area (Å²) >= 11 is 0. The van der Waals surface area contributed by atoms with Gasteiger partial charge in [-0.3, -0.25) is 19.2 Å². The van der Waals surface area contributed by atoms with Crippen LogP contribution in [-0.2, 0) is 19.2 Å². The minimum absolute atomic E-state index is 0. The number of Topliss-reactive ketones (excluding diaryl/α,β-unsaturated/α-hetero) is 1. The molecule has 0 bridgehead atoms. The lowest BCUT2D eigenvalue weighted by Crippen LogP contribution is -2.30. The largest absolute Gasteiger partial charge is 0.481 e. The molecule has 0 heterocycles. The lowest BCUT2D eigenvalue weighted by Gasteiger charge is -2.14. The van der Waals surface area contributed by atoms with Crippen LogP contribution in [0, 0.1) is 11.8 Å². The van der Waals surface area contributed by atoms with Crippen molar-refractivity contribution in [3.05, 3.63) is 0 Å². The molecule has 0 radical (unpaired) electrons. The number of hydrogen-bond donors (Lipinski definition) is 4. The normalized spacial score (nSPS) is 12.7. The van der Waals surface area contributed by atoms with Crippen molar-refractivity contribution in [2.75, 3.05) is 13.2 Å². The van der Waals surface area contributed by atoms with Crippen LogP contribution in [0.2, 0.25) is 0 Å². The van der Waals surface area contributed by atoms with Gasteiger partial charge in [-0.15, -0.1) is 0 Å². The standard InChI is InChI=1S/C31H58N2O6.2H2/c1-26(28(35)24-27(25-34)31(32)39)20-18-19-23-33-29(36)21-16-14-12-10-8-6-4-2-3-5-7-9-11-13-15-17-22-30(37)38;;/h26-27,34H,2-25H2,1H3,(H2,32,39)(H,33,36)(H,37,38);2*1H/t26-,27+;;/m1../s1. The Labute approximate surface area is 240 Å². The van der Waals surface area contributed by atoms with E-state index in [1.165, 1.54) is 70.6 Å². The number of hydrogen-bond acceptors (Lipinski definition) is 5. The minimum atomic E-state index is -0.799. The molecule has 0 aromatic carbocycles. The number of nitrogens with two attached hydrogens (primary N) is 1. The van der Waals surface area contributed by atoms with Crippen LogP contribution < -0.4 is 11.1 Å². The number of ketones is 1. The van der Waals surface area contributed by atoms with E-state index in [9.17, 15) is 19.2 Å². The molecule has 0 saturated heterocycles. The summed E-state index contributed by atoms with van der Waals surface area (Å²) in [7, 11) is 0. The number of carbonyl (C=O) groups is 4. The summed E-state index contributed by atoms with van der Waals surface area (Å²) in [5, 5.41) is 20.7. The van der Waals surface area contributed by atoms with Gasteiger partial charge in [-0.1, -0.05) is 103 Å². The van der Waals surface area contributed by atoms with Crippen molar-refractivity contribution in [3.63, 3.8) is 0 Å². The predicted molar refractivity (Wildman–Crippen MR) is 160 cm³/mol. The van der Waals surface area contributed by atoms with Crippen molar-refractivity contribution in [2.45, 2.75) is 148 Å². The van der Waals surface area contributed by atoms with Gasteiger partial charge in [0.1, 0.15) is 5.78 Å². The second kappa shape index (κ2) is 26.3. The first-order valence-corrected chi connectivity index (χ1v) is 15.7. The van der Waals surface area contributed by atoms with Crippen molar-refractivity contribution in [2.24, 2.45) is 17.6 Å². The third-order valence-corrected chi connectivity index (χ3v) is 7.55. The number of carbonyl (C=O) groups excluding carboxylic acids is 3. The number of aliphatic hydroxyl groups excluding tert-OH is 1. The number of amides is 2. The van der Waals surface area contributed by atoms with E-state index in [0.717, 1.165) is 44.9 Å². The first-order chi connectivity index (χ1) is 18.8. The van der Waals surface area contributed by atoms with Crippen LogP contribution in [0.25, 0.3) is 0 Å². The van der Waals surface area contributed by atoms with E-state index in [1.807, 2.05) is 6.92 Å². The van der Waals surface area contributed by atoms with Crippen molar-refractivity contribution in [3.8, 4) is 0 Å². The number of aliphatic hydroxyl groups is 1. The van der Waals surface area contributed by atoms with Crippen LogP contribution in [0.3, 0.4) is 0 Å². The summed E-state index contributed by atoms with van der Waals surface area (Å²) in [4.78, 5) is 45.7. The quantitative estimate of drug-likeness (QED) is 0.0764. The molecule has 0 aliphatic carbocycles. The molecule has 0 rings (SSSR count). The molecule has 5 N–H and O–H groups in total. The maximum absolute atomic E-state index is 12.1. The van der Waals surface area contributed by atoms with Gasteiger partial charge in [0.15, 0.2) is 0 Å². The Hall–Kier alpha value is -1.96. The van der Waals surface area contributed by atoms with Crippen LogP contribution >= 0.6 is 0 Å². The second-order valence-corrected chi connectivity index (χ2v) is 11.2. The number of carboxylic acids is 1. The predicted octanol–water partition coefficient (Wildman–Crippen LogP) is 6.56. The number of primary amides is 1. The van der Waals surface area contributed by atoms with E-state index in [1.54, 1.807) is 0 Å². The van der Waals surface area contributed by atoms with Gasteiger partial charge < -0.3 is 21.3 Å². The number of carboxylic acid groups (broad SMARTS) is 1. The highest BCUT2D eigenvalue weighted by atomic mass is 16.4. The van der Waals surface area contributed by atoms with E-state index < -0.39 is 24.4 Å². The molecule has 0 spiro atoms. The Morgan fingerprint density at radius 2 is 1.13 bits per heavy atom. The summed E-state index contributed by atoms with van der Waals surface area (Å²) in [6.45, 7) is 2.05. The van der Waals surface area contributed by atoms with Crippen LogP contribution in [0.1, 0.15) is 151 Å². The smallest absolute Gasteiger partial charge is 0.303 e. The first-order valence-electron chi connectivity index (χ1n) is 15.7. The summed E-state index contributed by atoms with van der Waals surface area (Å²) in [5.74, 6) is -2.26. The Kier molecular flexibility index (Phi) is 25.0. The van der Waals surface area contributed by atoms with Gasteiger partial charge in [-0.25, -0.2) is 0 Å². The molecule has 0 unspecified atom stereocenters. The van der Waals surface area contributed by atoms with Crippen molar-refractivity contribution in [1.29, 1.82) is 0 Å². The maximum atomic E-state index is 12.1. The molecule has 0 aliphatic heterocycles. The van der Waals surface area contributed by atoms with Crippen molar-refractivity contribution in [1.82, 2.24) is 5.32 Å². The lowest BCUT2D eigenvalue weighted by atomic mass is 9.92. The number of rotatable bonds is 29. The van der Waals surface area contributed by atoms with E-state index in [0.29, 0.717) is 25.8 Å². The molecule has 8 nitrogen and oxygen atoms in total. The van der Waals surface area contributed by atoms with Crippen LogP contribution in [0.5, 0.6) is 0 Å². The first kappa shape index (κ1) is 37.0. The fraction of sp³-hybridized carbons (Fsp3) is 0.871. The van der Waals surface area contributed by atoms with Gasteiger partial charge in [-0.2, -0.15) is 0 Å². The highest BCUT2D eigenvalue weighted by molar-refractivity contribution is 5.87. The summed E-state index contributed by atoms with van der Waals surface area (Å²) in [6, 6.07) is 0. The van der Waals surface area contributed by atoms with E-state index in [-0.39, 0.29) is 26.9 Å². The van der Waals surface area contributed by atoms with Gasteiger partial charge in [0, 0.05) is 34.6 Å². The number of aliphatic carboxylic acids is 1. The zero-order valence-electron chi connectivity index (χ0n) is 24.7. The third kappa shape index (κ3) is 24.8. The van der Waals surface area contributed by atoms with Crippen LogP contribution in [0.15, 0.2) is 0 Å². The topological polar surface area (TPSA) is 147 Å². The SMILES string of the molecule is C[C@H](CCCCNC(=O)CCCCCCCCCCCCCCCCCCC(=O)O)C(=O)C[C@@H](CO)C(N)=O.[HH].[HH]. The number of unbranched alkanes of at least 4 members (excludes halogenated alkanes) is 16. The van der Waals surface area contributed by atoms with Crippen LogP contribution in [-0.4, -0.2) is 46.9 Å². The van der Waals surface area contributed by atoms with Crippen molar-refractivity contribution < 1.29 is 32.2 Å². The van der Waals surface area contributed by atoms with Gasteiger partial charge >= 0.3 is 5.97 Å². The van der Waals surface area contributed by atoms with E-state index in [2.05, 4.69) is 5.32 Å². The van der Waals surface area contributed by atoms with Gasteiger partial charge in [0.2, 0.25) is 11.8 Å². The monoisotopic (exact) mass is 558 g/mol. The summed E-state index contributed by atoms with van der Waals surface area (Å²) in [5.41, 5.74) is 5.18. The zero-order chi connectivity index (χ0) is 29.1. The maximum Gasteiger partial charge on any atom is 0.303 e. The Morgan fingerprint density at radius 1 is 0.692 bits per heavy atom. The summed E-state index contributed by atoms with van der Waals surface area (Å²) < 4.78 is 0. The Balaban J connectivity index is -0.00000722. The molecule has 0 aromatic rings. The molecule has 0 fully saturated rings.